The summed E-state index contributed by atoms with van der Waals surface area (Å²) in [6.45, 7) is 11.1. The van der Waals surface area contributed by atoms with Gasteiger partial charge in [-0.05, 0) is 57.2 Å². The summed E-state index contributed by atoms with van der Waals surface area (Å²) in [5, 5.41) is 0.862. The van der Waals surface area contributed by atoms with Gasteiger partial charge in [-0.3, -0.25) is 0 Å². The molecule has 0 aromatic heterocycles. The summed E-state index contributed by atoms with van der Waals surface area (Å²) in [6, 6.07) is 2.06. The van der Waals surface area contributed by atoms with Gasteiger partial charge < -0.3 is 4.74 Å². The van der Waals surface area contributed by atoms with Crippen LogP contribution in [0.3, 0.4) is 0 Å². The van der Waals surface area contributed by atoms with Crippen molar-refractivity contribution in [3.05, 3.63) is 39.9 Å². The molecule has 1 nitrogen and oxygen atoms in total. The molecule has 18 heavy (non-hydrogen) atoms. The van der Waals surface area contributed by atoms with Crippen LogP contribution >= 0.6 is 11.6 Å². The highest BCUT2D eigenvalue weighted by atomic mass is 35.5. The van der Waals surface area contributed by atoms with Gasteiger partial charge in [0, 0.05) is 10.6 Å². The predicted octanol–water partition coefficient (Wildman–Crippen LogP) is 5.43. The van der Waals surface area contributed by atoms with E-state index in [-0.39, 0.29) is 0 Å². The van der Waals surface area contributed by atoms with Crippen LogP contribution in [0.25, 0.3) is 0 Å². The minimum atomic E-state index is 0.417. The van der Waals surface area contributed by atoms with Crippen LogP contribution in [0.2, 0.25) is 5.02 Å². The minimum absolute atomic E-state index is 0.417. The van der Waals surface area contributed by atoms with Crippen LogP contribution in [0.4, 0.5) is 0 Å². The molecule has 0 bridgehead atoms. The van der Waals surface area contributed by atoms with Crippen molar-refractivity contribution in [1.29, 1.82) is 0 Å². The van der Waals surface area contributed by atoms with Gasteiger partial charge in [0.05, 0.1) is 6.61 Å². The first-order valence-corrected chi connectivity index (χ1v) is 6.94. The van der Waals surface area contributed by atoms with Gasteiger partial charge in [-0.25, -0.2) is 0 Å². The molecule has 0 saturated carbocycles. The van der Waals surface area contributed by atoms with Gasteiger partial charge in [-0.2, -0.15) is 0 Å². The van der Waals surface area contributed by atoms with Gasteiger partial charge in [0.2, 0.25) is 0 Å². The molecular weight excluding hydrogens is 244 g/mol. The topological polar surface area (TPSA) is 9.23 Å². The molecule has 0 aliphatic rings. The second kappa shape index (κ2) is 6.84. The van der Waals surface area contributed by atoms with E-state index in [1.54, 1.807) is 0 Å². The molecule has 1 unspecified atom stereocenters. The molecule has 1 aromatic rings. The predicted molar refractivity (Wildman–Crippen MR) is 79.9 cm³/mol. The Morgan fingerprint density at radius 2 is 2.06 bits per heavy atom. The maximum atomic E-state index is 6.36. The summed E-state index contributed by atoms with van der Waals surface area (Å²) >= 11 is 6.36. The Kier molecular flexibility index (Phi) is 5.74. The fourth-order valence-corrected chi connectivity index (χ4v) is 2.44. The van der Waals surface area contributed by atoms with Crippen LogP contribution < -0.4 is 4.74 Å². The van der Waals surface area contributed by atoms with Crippen LogP contribution in [0.1, 0.15) is 49.8 Å². The monoisotopic (exact) mass is 266 g/mol. The highest BCUT2D eigenvalue weighted by Gasteiger charge is 2.17. The number of aryl methyl sites for hydroxylation is 1. The Balaban J connectivity index is 3.25. The smallest absolute Gasteiger partial charge is 0.123 e. The van der Waals surface area contributed by atoms with E-state index in [4.69, 9.17) is 16.3 Å². The molecule has 0 heterocycles. The zero-order valence-electron chi connectivity index (χ0n) is 12.0. The summed E-state index contributed by atoms with van der Waals surface area (Å²) in [5.74, 6) is 1.40. The molecule has 1 atom stereocenters. The summed E-state index contributed by atoms with van der Waals surface area (Å²) in [5.41, 5.74) is 3.47. The first kappa shape index (κ1) is 15.1. The molecule has 0 radical (unpaired) electrons. The standard InChI is InChI=1S/C16H23ClO/c1-6-8-9-11(3)15-13(5)16(17)12(4)10-14(15)18-7-2/h6,8,10-11H,7,9H2,1-5H3/b8-6-. The number of ether oxygens (including phenoxy) is 1. The fraction of sp³-hybridized carbons (Fsp3) is 0.500. The third-order valence-electron chi connectivity index (χ3n) is 3.21. The molecule has 0 spiro atoms. The van der Waals surface area contributed by atoms with E-state index in [1.807, 2.05) is 20.8 Å². The van der Waals surface area contributed by atoms with Crippen molar-refractivity contribution in [1.82, 2.24) is 0 Å². The van der Waals surface area contributed by atoms with Crippen molar-refractivity contribution in [2.45, 2.75) is 47.0 Å². The molecule has 0 aliphatic carbocycles. The SMILES string of the molecule is C/C=C\CC(C)c1c(OCC)cc(C)c(Cl)c1C. The molecule has 0 amide bonds. The molecule has 1 rings (SSSR count). The summed E-state index contributed by atoms with van der Waals surface area (Å²) < 4.78 is 5.77. The van der Waals surface area contributed by atoms with E-state index < -0.39 is 0 Å². The molecule has 100 valence electrons. The maximum Gasteiger partial charge on any atom is 0.123 e. The molecule has 1 aromatic carbocycles. The van der Waals surface area contributed by atoms with E-state index in [0.717, 1.165) is 28.3 Å². The van der Waals surface area contributed by atoms with Crippen molar-refractivity contribution in [2.75, 3.05) is 6.61 Å². The quantitative estimate of drug-likeness (QED) is 0.646. The maximum absolute atomic E-state index is 6.36. The Hall–Kier alpha value is -0.950. The van der Waals surface area contributed by atoms with Crippen molar-refractivity contribution in [3.8, 4) is 5.75 Å². The van der Waals surface area contributed by atoms with Crippen LogP contribution in [0, 0.1) is 13.8 Å². The Morgan fingerprint density at radius 1 is 1.39 bits per heavy atom. The molecule has 0 N–H and O–H groups in total. The molecular formula is C16H23ClO. The third kappa shape index (κ3) is 3.29. The van der Waals surface area contributed by atoms with Crippen molar-refractivity contribution in [2.24, 2.45) is 0 Å². The van der Waals surface area contributed by atoms with Crippen molar-refractivity contribution in [3.63, 3.8) is 0 Å². The minimum Gasteiger partial charge on any atom is -0.494 e. The van der Waals surface area contributed by atoms with E-state index in [2.05, 4.69) is 32.1 Å². The van der Waals surface area contributed by atoms with E-state index >= 15 is 0 Å². The van der Waals surface area contributed by atoms with Gasteiger partial charge >= 0.3 is 0 Å². The summed E-state index contributed by atoms with van der Waals surface area (Å²) in [7, 11) is 0. The number of halogens is 1. The lowest BCUT2D eigenvalue weighted by atomic mass is 9.91. The second-order valence-electron chi connectivity index (χ2n) is 4.68. The van der Waals surface area contributed by atoms with Crippen LogP contribution in [-0.2, 0) is 0 Å². The first-order chi connectivity index (χ1) is 8.52. The second-order valence-corrected chi connectivity index (χ2v) is 5.06. The number of hydrogen-bond donors (Lipinski definition) is 0. The van der Waals surface area contributed by atoms with Gasteiger partial charge in [-0.15, -0.1) is 0 Å². The highest BCUT2D eigenvalue weighted by molar-refractivity contribution is 6.32. The van der Waals surface area contributed by atoms with Gasteiger partial charge in [0.1, 0.15) is 5.75 Å². The zero-order chi connectivity index (χ0) is 13.7. The number of benzene rings is 1. The highest BCUT2D eigenvalue weighted by Crippen LogP contribution is 2.37. The van der Waals surface area contributed by atoms with Crippen molar-refractivity contribution >= 4 is 11.6 Å². The summed E-state index contributed by atoms with van der Waals surface area (Å²) in [4.78, 5) is 0. The lowest BCUT2D eigenvalue weighted by molar-refractivity contribution is 0.334. The summed E-state index contributed by atoms with van der Waals surface area (Å²) in [6.07, 6.45) is 5.28. The van der Waals surface area contributed by atoms with Crippen LogP contribution in [-0.4, -0.2) is 6.61 Å². The number of allylic oxidation sites excluding steroid dienone is 2. The lowest BCUT2D eigenvalue weighted by Crippen LogP contribution is -2.04. The van der Waals surface area contributed by atoms with E-state index in [9.17, 15) is 0 Å². The fourth-order valence-electron chi connectivity index (χ4n) is 2.28. The average molecular weight is 267 g/mol. The molecule has 0 aliphatic heterocycles. The molecule has 0 fully saturated rings. The van der Waals surface area contributed by atoms with Gasteiger partial charge in [0.15, 0.2) is 0 Å². The Bertz CT molecular complexity index is 435. The van der Waals surface area contributed by atoms with E-state index in [1.165, 1.54) is 5.56 Å². The lowest BCUT2D eigenvalue weighted by Gasteiger charge is -2.20. The van der Waals surface area contributed by atoms with E-state index in [0.29, 0.717) is 12.5 Å². The Labute approximate surface area is 116 Å². The first-order valence-electron chi connectivity index (χ1n) is 6.56. The van der Waals surface area contributed by atoms with Gasteiger partial charge in [0.25, 0.3) is 0 Å². The molecule has 2 heteroatoms. The van der Waals surface area contributed by atoms with Crippen molar-refractivity contribution < 1.29 is 4.74 Å². The average Bonchev–Trinajstić information content (AvgIpc) is 2.34. The third-order valence-corrected chi connectivity index (χ3v) is 3.79. The van der Waals surface area contributed by atoms with Gasteiger partial charge in [-0.1, -0.05) is 30.7 Å². The largest absolute Gasteiger partial charge is 0.494 e. The van der Waals surface area contributed by atoms with Crippen LogP contribution in [0.15, 0.2) is 18.2 Å². The Morgan fingerprint density at radius 3 is 2.61 bits per heavy atom. The number of hydrogen-bond acceptors (Lipinski definition) is 1. The zero-order valence-corrected chi connectivity index (χ0v) is 12.8. The van der Waals surface area contributed by atoms with Crippen LogP contribution in [0.5, 0.6) is 5.75 Å². The molecule has 0 saturated heterocycles. The number of rotatable bonds is 5. The normalized spacial score (nSPS) is 13.0.